The Kier molecular flexibility index (Phi) is 2.79. The molecule has 1 amide bonds. The van der Waals surface area contributed by atoms with Gasteiger partial charge in [0.05, 0.1) is 5.92 Å². The molecule has 1 fully saturated rings. The average molecular weight is 241 g/mol. The van der Waals surface area contributed by atoms with Crippen LogP contribution in [0.25, 0.3) is 0 Å². The first kappa shape index (κ1) is 11.5. The number of amides is 1. The summed E-state index contributed by atoms with van der Waals surface area (Å²) in [6.45, 7) is -0.0146. The van der Waals surface area contributed by atoms with Gasteiger partial charge in [0.25, 0.3) is 0 Å². The van der Waals surface area contributed by atoms with Crippen LogP contribution in [0.5, 0.6) is 0 Å². The van der Waals surface area contributed by atoms with Crippen LogP contribution in [0.15, 0.2) is 18.2 Å². The highest BCUT2D eigenvalue weighted by Crippen LogP contribution is 2.26. The Morgan fingerprint density at radius 3 is 2.59 bits per heavy atom. The second-order valence-corrected chi connectivity index (χ2v) is 3.84. The molecule has 1 saturated heterocycles. The number of hydrogen-bond donors (Lipinski definition) is 1. The molecule has 1 N–H and O–H groups in total. The van der Waals surface area contributed by atoms with E-state index in [1.807, 2.05) is 0 Å². The standard InChI is InChI=1S/C11H9F2NO3/c12-8-2-1-7(4-9(8)13)14-5-6(11(16)17)3-10(14)15/h1-2,4,6H,3,5H2,(H,16,17)/t6-/m0/s1. The molecular formula is C11H9F2NO3. The van der Waals surface area contributed by atoms with Crippen LogP contribution in [0.1, 0.15) is 6.42 Å². The van der Waals surface area contributed by atoms with Gasteiger partial charge >= 0.3 is 5.97 Å². The molecule has 0 unspecified atom stereocenters. The molecule has 1 aliphatic rings. The molecule has 1 heterocycles. The quantitative estimate of drug-likeness (QED) is 0.851. The molecule has 0 spiro atoms. The summed E-state index contributed by atoms with van der Waals surface area (Å²) in [7, 11) is 0. The smallest absolute Gasteiger partial charge is 0.308 e. The van der Waals surface area contributed by atoms with Gasteiger partial charge in [-0.3, -0.25) is 9.59 Å². The van der Waals surface area contributed by atoms with Crippen LogP contribution in [0.3, 0.4) is 0 Å². The minimum absolute atomic E-state index is 0.0146. The molecule has 0 bridgehead atoms. The summed E-state index contributed by atoms with van der Waals surface area (Å²) >= 11 is 0. The zero-order valence-corrected chi connectivity index (χ0v) is 8.69. The number of aliphatic carboxylic acids is 1. The van der Waals surface area contributed by atoms with Crippen molar-refractivity contribution in [2.24, 2.45) is 5.92 Å². The van der Waals surface area contributed by atoms with Gasteiger partial charge in [-0.2, -0.15) is 0 Å². The summed E-state index contributed by atoms with van der Waals surface area (Å²) in [5, 5.41) is 8.78. The number of carboxylic acid groups (broad SMARTS) is 1. The highest BCUT2D eigenvalue weighted by Gasteiger charge is 2.35. The van der Waals surface area contributed by atoms with Crippen LogP contribution in [-0.4, -0.2) is 23.5 Å². The minimum atomic E-state index is -1.07. The zero-order chi connectivity index (χ0) is 12.6. The second kappa shape index (κ2) is 4.12. The van der Waals surface area contributed by atoms with Crippen molar-refractivity contribution in [3.63, 3.8) is 0 Å². The number of hydrogen-bond acceptors (Lipinski definition) is 2. The predicted octanol–water partition coefficient (Wildman–Crippen LogP) is 1.40. The Balaban J connectivity index is 2.26. The van der Waals surface area contributed by atoms with E-state index in [0.29, 0.717) is 0 Å². The van der Waals surface area contributed by atoms with Gasteiger partial charge in [-0.05, 0) is 12.1 Å². The van der Waals surface area contributed by atoms with Crippen molar-refractivity contribution in [1.29, 1.82) is 0 Å². The van der Waals surface area contributed by atoms with E-state index >= 15 is 0 Å². The SMILES string of the molecule is O=C(O)[C@H]1CC(=O)N(c2ccc(F)c(F)c2)C1. The van der Waals surface area contributed by atoms with Gasteiger partial charge in [0, 0.05) is 24.7 Å². The largest absolute Gasteiger partial charge is 0.481 e. The lowest BCUT2D eigenvalue weighted by atomic mass is 10.1. The van der Waals surface area contributed by atoms with E-state index in [1.165, 1.54) is 6.07 Å². The molecular weight excluding hydrogens is 232 g/mol. The van der Waals surface area contributed by atoms with Crippen molar-refractivity contribution in [2.75, 3.05) is 11.4 Å². The molecule has 0 radical (unpaired) electrons. The monoisotopic (exact) mass is 241 g/mol. The number of carbonyl (C=O) groups excluding carboxylic acids is 1. The fourth-order valence-electron chi connectivity index (χ4n) is 1.78. The Bertz CT molecular complexity index is 490. The highest BCUT2D eigenvalue weighted by molar-refractivity contribution is 5.99. The molecule has 4 nitrogen and oxygen atoms in total. The number of nitrogens with zero attached hydrogens (tertiary/aromatic N) is 1. The molecule has 1 aromatic carbocycles. The van der Waals surface area contributed by atoms with Crippen molar-refractivity contribution in [3.8, 4) is 0 Å². The third-order valence-electron chi connectivity index (χ3n) is 2.69. The number of halogens is 2. The lowest BCUT2D eigenvalue weighted by molar-refractivity contribution is -0.141. The predicted molar refractivity (Wildman–Crippen MR) is 54.5 cm³/mol. The summed E-state index contributed by atoms with van der Waals surface area (Å²) in [5.41, 5.74) is 0.178. The number of carboxylic acids is 1. The molecule has 0 saturated carbocycles. The second-order valence-electron chi connectivity index (χ2n) is 3.84. The number of benzene rings is 1. The third kappa shape index (κ3) is 2.11. The van der Waals surface area contributed by atoms with Gasteiger partial charge in [-0.25, -0.2) is 8.78 Å². The van der Waals surface area contributed by atoms with Crippen LogP contribution >= 0.6 is 0 Å². The van der Waals surface area contributed by atoms with E-state index in [1.54, 1.807) is 0 Å². The van der Waals surface area contributed by atoms with Gasteiger partial charge < -0.3 is 10.0 Å². The zero-order valence-electron chi connectivity index (χ0n) is 8.69. The topological polar surface area (TPSA) is 57.6 Å². The summed E-state index contributed by atoms with van der Waals surface area (Å²) in [5.74, 6) is -4.33. The summed E-state index contributed by atoms with van der Waals surface area (Å²) in [6.07, 6.45) is -0.117. The summed E-state index contributed by atoms with van der Waals surface area (Å²) in [6, 6.07) is 3.05. The van der Waals surface area contributed by atoms with E-state index in [-0.39, 0.29) is 18.7 Å². The maximum absolute atomic E-state index is 13.0. The molecule has 0 aromatic heterocycles. The van der Waals surface area contributed by atoms with E-state index in [0.717, 1.165) is 17.0 Å². The molecule has 90 valence electrons. The Labute approximate surface area is 95.5 Å². The van der Waals surface area contributed by atoms with Crippen LogP contribution in [0.4, 0.5) is 14.5 Å². The van der Waals surface area contributed by atoms with Gasteiger partial charge in [0.1, 0.15) is 0 Å². The lowest BCUT2D eigenvalue weighted by Gasteiger charge is -2.16. The first-order chi connectivity index (χ1) is 7.99. The minimum Gasteiger partial charge on any atom is -0.481 e. The third-order valence-corrected chi connectivity index (χ3v) is 2.69. The maximum atomic E-state index is 13.0. The maximum Gasteiger partial charge on any atom is 0.308 e. The average Bonchev–Trinajstić information content (AvgIpc) is 2.65. The summed E-state index contributed by atoms with van der Waals surface area (Å²) in [4.78, 5) is 23.4. The molecule has 2 rings (SSSR count). The fourth-order valence-corrected chi connectivity index (χ4v) is 1.78. The lowest BCUT2D eigenvalue weighted by Crippen LogP contribution is -2.25. The van der Waals surface area contributed by atoms with Crippen LogP contribution < -0.4 is 4.90 Å². The highest BCUT2D eigenvalue weighted by atomic mass is 19.2. The van der Waals surface area contributed by atoms with Gasteiger partial charge in [0.15, 0.2) is 11.6 Å². The fraction of sp³-hybridized carbons (Fsp3) is 0.273. The van der Waals surface area contributed by atoms with E-state index in [2.05, 4.69) is 0 Å². The van der Waals surface area contributed by atoms with E-state index in [4.69, 9.17) is 5.11 Å². The van der Waals surface area contributed by atoms with Crippen LogP contribution in [0.2, 0.25) is 0 Å². The van der Waals surface area contributed by atoms with Crippen molar-refractivity contribution in [2.45, 2.75) is 6.42 Å². The molecule has 0 aliphatic carbocycles. The van der Waals surface area contributed by atoms with Gasteiger partial charge in [0.2, 0.25) is 5.91 Å². The van der Waals surface area contributed by atoms with Crippen LogP contribution in [0, 0.1) is 17.6 Å². The van der Waals surface area contributed by atoms with Gasteiger partial charge in [-0.15, -0.1) is 0 Å². The number of rotatable bonds is 2. The van der Waals surface area contributed by atoms with Crippen molar-refractivity contribution in [1.82, 2.24) is 0 Å². The molecule has 1 atom stereocenters. The van der Waals surface area contributed by atoms with Crippen molar-refractivity contribution < 1.29 is 23.5 Å². The van der Waals surface area contributed by atoms with E-state index in [9.17, 15) is 18.4 Å². The van der Waals surface area contributed by atoms with E-state index < -0.39 is 29.4 Å². The first-order valence-electron chi connectivity index (χ1n) is 4.97. The van der Waals surface area contributed by atoms with Gasteiger partial charge in [-0.1, -0.05) is 0 Å². The van der Waals surface area contributed by atoms with Crippen molar-refractivity contribution >= 4 is 17.6 Å². The number of carbonyl (C=O) groups is 2. The molecule has 17 heavy (non-hydrogen) atoms. The molecule has 1 aromatic rings. The Morgan fingerprint density at radius 2 is 2.06 bits per heavy atom. The number of anilines is 1. The first-order valence-corrected chi connectivity index (χ1v) is 4.97. The normalized spacial score (nSPS) is 19.8. The Hall–Kier alpha value is -1.98. The Morgan fingerprint density at radius 1 is 1.35 bits per heavy atom. The van der Waals surface area contributed by atoms with Crippen LogP contribution in [-0.2, 0) is 9.59 Å². The summed E-state index contributed by atoms with van der Waals surface area (Å²) < 4.78 is 25.7. The molecule has 6 heteroatoms. The molecule has 1 aliphatic heterocycles. The van der Waals surface area contributed by atoms with Crippen molar-refractivity contribution in [3.05, 3.63) is 29.8 Å².